The fourth-order valence-corrected chi connectivity index (χ4v) is 3.60. The number of alkyl halides is 2. The largest absolute Gasteiger partial charge is 0.493 e. The summed E-state index contributed by atoms with van der Waals surface area (Å²) in [6.45, 7) is -1.27. The number of nitro groups is 1. The van der Waals surface area contributed by atoms with Crippen LogP contribution in [0, 0.1) is 10.1 Å². The molecular formula is C21H23F2N3O5. The Hall–Kier alpha value is -3.43. The Balaban J connectivity index is 1.85. The molecule has 1 aliphatic heterocycles. The zero-order valence-electron chi connectivity index (χ0n) is 17.2. The monoisotopic (exact) mass is 435 g/mol. The molecule has 0 radical (unpaired) electrons. The summed E-state index contributed by atoms with van der Waals surface area (Å²) >= 11 is 0. The van der Waals surface area contributed by atoms with E-state index in [4.69, 9.17) is 4.74 Å². The summed E-state index contributed by atoms with van der Waals surface area (Å²) in [4.78, 5) is 27.4. The Bertz CT molecular complexity index is 964. The number of ether oxygens (including phenoxy) is 2. The minimum atomic E-state index is -2.98. The molecule has 31 heavy (non-hydrogen) atoms. The third-order valence-electron chi connectivity index (χ3n) is 5.08. The highest BCUT2D eigenvalue weighted by molar-refractivity contribution is 6.00. The molecule has 10 heteroatoms. The number of carbonyl (C=O) groups excluding carboxylic acids is 1. The number of methoxy groups -OCH3 is 1. The zero-order chi connectivity index (χ0) is 22.5. The average molecular weight is 435 g/mol. The van der Waals surface area contributed by atoms with Crippen LogP contribution in [0.5, 0.6) is 11.5 Å². The molecule has 0 saturated carbocycles. The summed E-state index contributed by atoms with van der Waals surface area (Å²) in [6.07, 6.45) is 1.99. The van der Waals surface area contributed by atoms with Gasteiger partial charge in [0.15, 0.2) is 11.5 Å². The highest BCUT2D eigenvalue weighted by Gasteiger charge is 2.25. The number of benzene rings is 2. The molecule has 0 unspecified atom stereocenters. The van der Waals surface area contributed by atoms with Crippen LogP contribution < -0.4 is 14.4 Å². The van der Waals surface area contributed by atoms with Gasteiger partial charge in [0, 0.05) is 38.8 Å². The van der Waals surface area contributed by atoms with Crippen LogP contribution >= 0.6 is 0 Å². The Morgan fingerprint density at radius 2 is 1.90 bits per heavy atom. The number of non-ortho nitro benzene ring substituents is 1. The van der Waals surface area contributed by atoms with Gasteiger partial charge >= 0.3 is 6.61 Å². The van der Waals surface area contributed by atoms with Crippen LogP contribution in [0.2, 0.25) is 0 Å². The van der Waals surface area contributed by atoms with Gasteiger partial charge in [0.1, 0.15) is 0 Å². The van der Waals surface area contributed by atoms with Crippen molar-refractivity contribution in [1.82, 2.24) is 4.90 Å². The van der Waals surface area contributed by atoms with Crippen molar-refractivity contribution in [1.29, 1.82) is 0 Å². The van der Waals surface area contributed by atoms with Crippen molar-refractivity contribution in [3.63, 3.8) is 0 Å². The molecule has 0 atom stereocenters. The molecular weight excluding hydrogens is 412 g/mol. The molecule has 8 nitrogen and oxygen atoms in total. The molecule has 2 aromatic carbocycles. The number of nitrogens with zero attached hydrogens (tertiary/aromatic N) is 3. The number of halogens is 2. The summed E-state index contributed by atoms with van der Waals surface area (Å²) in [5, 5.41) is 11.2. The van der Waals surface area contributed by atoms with Crippen molar-refractivity contribution in [3.8, 4) is 11.5 Å². The molecule has 1 aliphatic rings. The smallest absolute Gasteiger partial charge is 0.387 e. The van der Waals surface area contributed by atoms with Crippen molar-refractivity contribution in [3.05, 3.63) is 57.6 Å². The molecule has 1 fully saturated rings. The highest BCUT2D eigenvalue weighted by Crippen LogP contribution is 2.31. The number of hydrogen-bond acceptors (Lipinski definition) is 6. The maximum absolute atomic E-state index is 13.2. The van der Waals surface area contributed by atoms with Gasteiger partial charge in [-0.25, -0.2) is 0 Å². The van der Waals surface area contributed by atoms with Crippen LogP contribution in [-0.2, 0) is 6.54 Å². The lowest BCUT2D eigenvalue weighted by Crippen LogP contribution is -2.29. The van der Waals surface area contributed by atoms with Gasteiger partial charge in [0.2, 0.25) is 0 Å². The lowest BCUT2D eigenvalue weighted by Gasteiger charge is -2.24. The summed E-state index contributed by atoms with van der Waals surface area (Å²) < 4.78 is 34.5. The third kappa shape index (κ3) is 5.19. The van der Waals surface area contributed by atoms with E-state index >= 15 is 0 Å². The van der Waals surface area contributed by atoms with Crippen LogP contribution in [-0.4, -0.2) is 49.6 Å². The molecule has 1 saturated heterocycles. The summed E-state index contributed by atoms with van der Waals surface area (Å²) in [6, 6.07) is 8.73. The molecule has 3 rings (SSSR count). The quantitative estimate of drug-likeness (QED) is 0.459. The fraction of sp³-hybridized carbons (Fsp3) is 0.381. The summed E-state index contributed by atoms with van der Waals surface area (Å²) in [7, 11) is 2.91. The van der Waals surface area contributed by atoms with Crippen molar-refractivity contribution in [2.45, 2.75) is 26.0 Å². The molecule has 0 aromatic heterocycles. The van der Waals surface area contributed by atoms with E-state index in [9.17, 15) is 23.7 Å². The van der Waals surface area contributed by atoms with Crippen LogP contribution in [0.15, 0.2) is 36.4 Å². The lowest BCUT2D eigenvalue weighted by atomic mass is 10.1. The van der Waals surface area contributed by atoms with Gasteiger partial charge in [-0.1, -0.05) is 6.07 Å². The molecule has 166 valence electrons. The van der Waals surface area contributed by atoms with E-state index < -0.39 is 11.5 Å². The van der Waals surface area contributed by atoms with Crippen molar-refractivity contribution >= 4 is 17.3 Å². The molecule has 1 amide bonds. The second kappa shape index (κ2) is 9.59. The molecule has 1 heterocycles. The van der Waals surface area contributed by atoms with Gasteiger partial charge in [-0.3, -0.25) is 14.9 Å². The van der Waals surface area contributed by atoms with E-state index in [1.165, 1.54) is 36.3 Å². The van der Waals surface area contributed by atoms with E-state index in [1.54, 1.807) is 19.2 Å². The van der Waals surface area contributed by atoms with Crippen molar-refractivity contribution in [2.24, 2.45) is 0 Å². The first-order chi connectivity index (χ1) is 14.8. The molecule has 0 spiro atoms. The van der Waals surface area contributed by atoms with E-state index in [2.05, 4.69) is 4.74 Å². The predicted molar refractivity (Wildman–Crippen MR) is 110 cm³/mol. The first-order valence-electron chi connectivity index (χ1n) is 9.70. The molecule has 0 bridgehead atoms. The fourth-order valence-electron chi connectivity index (χ4n) is 3.60. The Morgan fingerprint density at radius 3 is 2.52 bits per heavy atom. The summed E-state index contributed by atoms with van der Waals surface area (Å²) in [5.41, 5.74) is 1.39. The minimum Gasteiger partial charge on any atom is -0.493 e. The van der Waals surface area contributed by atoms with Gasteiger partial charge in [-0.05, 0) is 36.6 Å². The number of anilines is 1. The number of nitro benzene ring substituents is 1. The Labute approximate surface area is 178 Å². The van der Waals surface area contributed by atoms with Crippen molar-refractivity contribution < 1.29 is 28.0 Å². The SMILES string of the molecule is COc1cc(CN(C)C(=O)c2cc([N+](=O)[O-])ccc2N2CCCC2)ccc1OC(F)F. The van der Waals surface area contributed by atoms with E-state index in [-0.39, 0.29) is 35.2 Å². The Kier molecular flexibility index (Phi) is 6.88. The zero-order valence-corrected chi connectivity index (χ0v) is 17.2. The Morgan fingerprint density at radius 1 is 1.19 bits per heavy atom. The van der Waals surface area contributed by atoms with E-state index in [1.807, 2.05) is 4.90 Å². The van der Waals surface area contributed by atoms with Crippen LogP contribution in [0.4, 0.5) is 20.2 Å². The second-order valence-electron chi connectivity index (χ2n) is 7.18. The number of amides is 1. The van der Waals surface area contributed by atoms with E-state index in [0.717, 1.165) is 25.9 Å². The van der Waals surface area contributed by atoms with Crippen LogP contribution in [0.25, 0.3) is 0 Å². The second-order valence-corrected chi connectivity index (χ2v) is 7.18. The highest BCUT2D eigenvalue weighted by atomic mass is 19.3. The van der Waals surface area contributed by atoms with E-state index in [0.29, 0.717) is 11.3 Å². The van der Waals surface area contributed by atoms with Crippen molar-refractivity contribution in [2.75, 3.05) is 32.1 Å². The molecule has 2 aromatic rings. The predicted octanol–water partition coefficient (Wildman–Crippen LogP) is 4.08. The van der Waals surface area contributed by atoms with Gasteiger partial charge in [-0.2, -0.15) is 8.78 Å². The van der Waals surface area contributed by atoms with Gasteiger partial charge in [0.25, 0.3) is 11.6 Å². The van der Waals surface area contributed by atoms with Gasteiger partial charge in [-0.15, -0.1) is 0 Å². The number of carbonyl (C=O) groups is 1. The number of hydrogen-bond donors (Lipinski definition) is 0. The van der Waals surface area contributed by atoms with Crippen LogP contribution in [0.3, 0.4) is 0 Å². The maximum Gasteiger partial charge on any atom is 0.387 e. The first kappa shape index (κ1) is 22.3. The van der Waals surface area contributed by atoms with Crippen LogP contribution in [0.1, 0.15) is 28.8 Å². The standard InChI is InChI=1S/C21H23F2N3O5/c1-24(13-14-5-8-18(31-21(22)23)19(11-14)30-2)20(27)16-12-15(26(28)29)6-7-17(16)25-9-3-4-10-25/h5-8,11-12,21H,3-4,9-10,13H2,1-2H3. The molecule has 0 aliphatic carbocycles. The molecule has 0 N–H and O–H groups in total. The normalized spacial score (nSPS) is 13.4. The third-order valence-corrected chi connectivity index (χ3v) is 5.08. The average Bonchev–Trinajstić information content (AvgIpc) is 3.28. The minimum absolute atomic E-state index is 0.106. The summed E-state index contributed by atoms with van der Waals surface area (Å²) in [5.74, 6) is -0.366. The van der Waals surface area contributed by atoms with Gasteiger partial charge < -0.3 is 19.3 Å². The maximum atomic E-state index is 13.2. The topological polar surface area (TPSA) is 85.1 Å². The lowest BCUT2D eigenvalue weighted by molar-refractivity contribution is -0.384. The number of rotatable bonds is 8. The first-order valence-corrected chi connectivity index (χ1v) is 9.70. The van der Waals surface area contributed by atoms with Gasteiger partial charge in [0.05, 0.1) is 23.3 Å².